The lowest BCUT2D eigenvalue weighted by Gasteiger charge is -2.31. The summed E-state index contributed by atoms with van der Waals surface area (Å²) in [5.74, 6) is 0. The summed E-state index contributed by atoms with van der Waals surface area (Å²) < 4.78 is 2.53. The van der Waals surface area contributed by atoms with Gasteiger partial charge in [0.15, 0.2) is 0 Å². The van der Waals surface area contributed by atoms with Crippen LogP contribution in [-0.4, -0.2) is 4.57 Å². The number of hydrogen-bond donors (Lipinski definition) is 0. The van der Waals surface area contributed by atoms with E-state index in [2.05, 4.69) is 159 Å². The van der Waals surface area contributed by atoms with E-state index in [1.54, 1.807) is 0 Å². The van der Waals surface area contributed by atoms with Gasteiger partial charge in [-0.3, -0.25) is 0 Å². The maximum Gasteiger partial charge on any atom is 0.0746 e. The number of benzene rings is 6. The lowest BCUT2D eigenvalue weighted by Crippen LogP contribution is -2.26. The van der Waals surface area contributed by atoms with Crippen molar-refractivity contribution in [3.05, 3.63) is 161 Å². The number of hydrogen-bond acceptors (Lipinski definition) is 0. The van der Waals surface area contributed by atoms with Crippen molar-refractivity contribution < 1.29 is 0 Å². The van der Waals surface area contributed by atoms with Crippen LogP contribution in [-0.2, 0) is 10.8 Å². The Morgan fingerprint density at radius 1 is 0.500 bits per heavy atom. The van der Waals surface area contributed by atoms with Crippen molar-refractivity contribution in [3.63, 3.8) is 0 Å². The van der Waals surface area contributed by atoms with E-state index >= 15 is 0 Å². The highest BCUT2D eigenvalue weighted by Gasteiger charge is 2.53. The Morgan fingerprint density at radius 2 is 1.02 bits per heavy atom. The molecule has 2 aliphatic rings. The molecule has 0 atom stereocenters. The summed E-state index contributed by atoms with van der Waals surface area (Å²) in [6, 6.07) is 50.1. The molecule has 9 rings (SSSR count). The van der Waals surface area contributed by atoms with E-state index in [0.29, 0.717) is 0 Å². The van der Waals surface area contributed by atoms with Crippen molar-refractivity contribution in [2.45, 2.75) is 45.4 Å². The van der Waals surface area contributed by atoms with Crippen LogP contribution in [0.15, 0.2) is 133 Å². The molecule has 0 N–H and O–H groups in total. The monoisotopic (exact) mass is 567 g/mol. The summed E-state index contributed by atoms with van der Waals surface area (Å²) in [6.45, 7) is 10.9. The number of rotatable bonds is 1. The lowest BCUT2D eigenvalue weighted by atomic mass is 9.70. The second kappa shape index (κ2) is 9.56. The van der Waals surface area contributed by atoms with Crippen molar-refractivity contribution in [2.24, 2.45) is 0 Å². The maximum atomic E-state index is 2.53. The van der Waals surface area contributed by atoms with Crippen LogP contribution in [0.25, 0.3) is 49.7 Å². The first-order valence-corrected chi connectivity index (χ1v) is 16.0. The standard InChI is InChI=1S/C41H31N.C2H6/c1-40(2,3)26-21-24-37-33(25-26)32-23-22-31-30-17-9-12-20-36(30)41(38(31)39(32)42(37)27-13-5-4-6-14-27)34-18-10-7-15-28(34)29-16-8-11-19-35(29)41;1-2/h4-25H,1-3H3;1-2H3. The fourth-order valence-corrected chi connectivity index (χ4v) is 8.00. The smallest absolute Gasteiger partial charge is 0.0746 e. The zero-order chi connectivity index (χ0) is 30.2. The summed E-state index contributed by atoms with van der Waals surface area (Å²) in [4.78, 5) is 0. The Kier molecular flexibility index (Phi) is 5.81. The van der Waals surface area contributed by atoms with Crippen LogP contribution in [0.2, 0.25) is 0 Å². The Labute approximate surface area is 260 Å². The Bertz CT molecular complexity index is 2160. The van der Waals surface area contributed by atoms with Crippen LogP contribution < -0.4 is 0 Å². The Balaban J connectivity index is 0.00000142. The summed E-state index contributed by atoms with van der Waals surface area (Å²) in [7, 11) is 0. The van der Waals surface area contributed by atoms with Gasteiger partial charge in [0.05, 0.1) is 16.4 Å². The largest absolute Gasteiger partial charge is 0.309 e. The number of nitrogens with zero attached hydrogens (tertiary/aromatic N) is 1. The second-order valence-electron chi connectivity index (χ2n) is 12.9. The first-order chi connectivity index (χ1) is 21.5. The molecule has 44 heavy (non-hydrogen) atoms. The van der Waals surface area contributed by atoms with Gasteiger partial charge in [-0.05, 0) is 74.2 Å². The van der Waals surface area contributed by atoms with E-state index in [0.717, 1.165) is 0 Å². The average Bonchev–Trinajstić information content (AvgIpc) is 3.67. The molecule has 0 radical (unpaired) electrons. The van der Waals surface area contributed by atoms with Gasteiger partial charge in [-0.25, -0.2) is 0 Å². The molecule has 0 saturated heterocycles. The average molecular weight is 568 g/mol. The van der Waals surface area contributed by atoms with Crippen LogP contribution in [0, 0.1) is 0 Å². The summed E-state index contributed by atoms with van der Waals surface area (Å²) >= 11 is 0. The van der Waals surface area contributed by atoms with Gasteiger partial charge in [0.1, 0.15) is 0 Å². The first kappa shape index (κ1) is 26.7. The van der Waals surface area contributed by atoms with Gasteiger partial charge in [-0.1, -0.05) is 144 Å². The Morgan fingerprint density at radius 3 is 1.59 bits per heavy atom. The highest BCUT2D eigenvalue weighted by molar-refractivity contribution is 6.14. The maximum absolute atomic E-state index is 2.53. The first-order valence-electron chi connectivity index (χ1n) is 16.0. The van der Waals surface area contributed by atoms with E-state index in [4.69, 9.17) is 0 Å². The minimum atomic E-state index is -0.396. The topological polar surface area (TPSA) is 4.93 Å². The normalized spacial score (nSPS) is 13.8. The molecule has 1 nitrogen and oxygen atoms in total. The van der Waals surface area contributed by atoms with Crippen molar-refractivity contribution in [2.75, 3.05) is 0 Å². The molecular weight excluding hydrogens is 530 g/mol. The lowest BCUT2D eigenvalue weighted by molar-refractivity contribution is 0.591. The van der Waals surface area contributed by atoms with Gasteiger partial charge < -0.3 is 4.57 Å². The van der Waals surface area contributed by atoms with Gasteiger partial charge in [0.25, 0.3) is 0 Å². The van der Waals surface area contributed by atoms with Crippen LogP contribution in [0.3, 0.4) is 0 Å². The second-order valence-corrected chi connectivity index (χ2v) is 12.9. The zero-order valence-corrected chi connectivity index (χ0v) is 26.1. The predicted octanol–water partition coefficient (Wildman–Crippen LogP) is 11.5. The van der Waals surface area contributed by atoms with Crippen LogP contribution in [0.5, 0.6) is 0 Å². The van der Waals surface area contributed by atoms with Crippen molar-refractivity contribution in [3.8, 4) is 27.9 Å². The highest BCUT2D eigenvalue weighted by Crippen LogP contribution is 2.64. The molecule has 214 valence electrons. The van der Waals surface area contributed by atoms with Gasteiger partial charge in [-0.2, -0.15) is 0 Å². The summed E-state index contributed by atoms with van der Waals surface area (Å²) in [6.07, 6.45) is 0. The van der Waals surface area contributed by atoms with Crippen LogP contribution in [0.4, 0.5) is 0 Å². The van der Waals surface area contributed by atoms with Gasteiger partial charge in [0, 0.05) is 22.0 Å². The molecule has 1 heterocycles. The molecule has 0 fully saturated rings. The van der Waals surface area contributed by atoms with Gasteiger partial charge >= 0.3 is 0 Å². The predicted molar refractivity (Wildman–Crippen MR) is 187 cm³/mol. The number of aromatic nitrogens is 1. The molecule has 0 aliphatic heterocycles. The van der Waals surface area contributed by atoms with E-state index < -0.39 is 5.41 Å². The molecule has 1 aromatic heterocycles. The third kappa shape index (κ3) is 3.36. The number of para-hydroxylation sites is 1. The van der Waals surface area contributed by atoms with Gasteiger partial charge in [-0.15, -0.1) is 0 Å². The van der Waals surface area contributed by atoms with E-state index in [-0.39, 0.29) is 5.41 Å². The fraction of sp³-hybridized carbons (Fsp3) is 0.163. The SMILES string of the molecule is CC.CC(C)(C)c1ccc2c(c1)c1ccc3c(c1n2-c1ccccc1)C1(c2ccccc2-c2ccccc21)c1ccccc1-3. The molecule has 7 aromatic rings. The molecule has 0 unspecified atom stereocenters. The third-order valence-corrected chi connectivity index (χ3v) is 9.76. The zero-order valence-electron chi connectivity index (χ0n) is 26.1. The van der Waals surface area contributed by atoms with E-state index in [1.807, 2.05) is 13.8 Å². The fourth-order valence-electron chi connectivity index (χ4n) is 8.00. The summed E-state index contributed by atoms with van der Waals surface area (Å²) in [5, 5.41) is 2.63. The molecular formula is C43H37N. The van der Waals surface area contributed by atoms with Gasteiger partial charge in [0.2, 0.25) is 0 Å². The molecule has 0 amide bonds. The summed E-state index contributed by atoms with van der Waals surface area (Å²) in [5.41, 5.74) is 15.7. The van der Waals surface area contributed by atoms with Crippen LogP contribution in [0.1, 0.15) is 62.4 Å². The molecule has 0 bridgehead atoms. The quantitative estimate of drug-likeness (QED) is 0.186. The molecule has 0 saturated carbocycles. The van der Waals surface area contributed by atoms with Crippen molar-refractivity contribution in [1.82, 2.24) is 4.57 Å². The minimum absolute atomic E-state index is 0.0624. The molecule has 2 aliphatic carbocycles. The Hall–Kier alpha value is -4.88. The molecule has 1 spiro atoms. The van der Waals surface area contributed by atoms with E-state index in [9.17, 15) is 0 Å². The van der Waals surface area contributed by atoms with Crippen molar-refractivity contribution in [1.29, 1.82) is 0 Å². The van der Waals surface area contributed by atoms with E-state index in [1.165, 1.54) is 77.6 Å². The van der Waals surface area contributed by atoms with Crippen molar-refractivity contribution >= 4 is 21.8 Å². The molecule has 1 heteroatoms. The highest BCUT2D eigenvalue weighted by atomic mass is 15.0. The van der Waals surface area contributed by atoms with Crippen LogP contribution >= 0.6 is 0 Å². The third-order valence-electron chi connectivity index (χ3n) is 9.76. The number of fused-ring (bicyclic) bond motifs is 14. The molecule has 6 aromatic carbocycles. The minimum Gasteiger partial charge on any atom is -0.309 e.